The summed E-state index contributed by atoms with van der Waals surface area (Å²) in [6, 6.07) is 9.69. The molecule has 98 valence electrons. The summed E-state index contributed by atoms with van der Waals surface area (Å²) >= 11 is 0. The number of nitrogens with one attached hydrogen (secondary N) is 2. The molecule has 18 heavy (non-hydrogen) atoms. The van der Waals surface area contributed by atoms with Crippen LogP contribution in [0.2, 0.25) is 0 Å². The van der Waals surface area contributed by atoms with Crippen LogP contribution in [0.4, 0.5) is 4.79 Å². The molecule has 0 heterocycles. The van der Waals surface area contributed by atoms with Gasteiger partial charge in [0.15, 0.2) is 0 Å². The molecule has 0 aliphatic carbocycles. The maximum absolute atomic E-state index is 11.6. The number of hydrogen-bond donors (Lipinski definition) is 2. The second kappa shape index (κ2) is 6.24. The Hall–Kier alpha value is -1.77. The molecule has 1 rings (SSSR count). The van der Waals surface area contributed by atoms with E-state index in [4.69, 9.17) is 0 Å². The van der Waals surface area contributed by atoms with Gasteiger partial charge in [0.2, 0.25) is 0 Å². The van der Waals surface area contributed by atoms with E-state index in [1.807, 2.05) is 43.3 Å². The van der Waals surface area contributed by atoms with Crippen molar-refractivity contribution < 1.29 is 4.79 Å². The smallest absolute Gasteiger partial charge is 0.319 e. The van der Waals surface area contributed by atoms with E-state index in [0.29, 0.717) is 0 Å². The van der Waals surface area contributed by atoms with Gasteiger partial charge < -0.3 is 10.6 Å². The molecule has 0 spiro atoms. The van der Waals surface area contributed by atoms with Gasteiger partial charge in [-0.05, 0) is 17.9 Å². The zero-order valence-corrected chi connectivity index (χ0v) is 11.5. The van der Waals surface area contributed by atoms with Crippen LogP contribution in [0.25, 0.3) is 0 Å². The number of carbonyl (C=O) groups is 1. The van der Waals surface area contributed by atoms with Gasteiger partial charge in [0.1, 0.15) is 0 Å². The average Bonchev–Trinajstić information content (AvgIpc) is 2.28. The van der Waals surface area contributed by atoms with Crippen molar-refractivity contribution in [1.29, 1.82) is 0 Å². The molecular weight excluding hydrogens is 224 g/mol. The van der Waals surface area contributed by atoms with Crippen LogP contribution < -0.4 is 10.6 Å². The van der Waals surface area contributed by atoms with Crippen molar-refractivity contribution in [3.05, 3.63) is 48.2 Å². The molecule has 1 unspecified atom stereocenters. The Balaban J connectivity index is 2.44. The summed E-state index contributed by atoms with van der Waals surface area (Å²) in [4.78, 5) is 11.6. The zero-order chi connectivity index (χ0) is 13.6. The molecule has 0 fully saturated rings. The van der Waals surface area contributed by atoms with Gasteiger partial charge >= 0.3 is 6.03 Å². The molecule has 1 aromatic carbocycles. The monoisotopic (exact) mass is 246 g/mol. The van der Waals surface area contributed by atoms with E-state index in [2.05, 4.69) is 31.4 Å². The van der Waals surface area contributed by atoms with Crippen molar-refractivity contribution in [3.63, 3.8) is 0 Å². The Labute approximate surface area is 109 Å². The molecule has 2 amide bonds. The Morgan fingerprint density at radius 2 is 1.83 bits per heavy atom. The van der Waals surface area contributed by atoms with Gasteiger partial charge in [0.25, 0.3) is 0 Å². The van der Waals surface area contributed by atoms with E-state index in [-0.39, 0.29) is 17.5 Å². The van der Waals surface area contributed by atoms with Crippen molar-refractivity contribution in [1.82, 2.24) is 10.6 Å². The van der Waals surface area contributed by atoms with Crippen LogP contribution in [0.5, 0.6) is 0 Å². The van der Waals surface area contributed by atoms with Crippen LogP contribution in [-0.4, -0.2) is 6.03 Å². The molecular formula is C15H22N2O. The first-order valence-corrected chi connectivity index (χ1v) is 6.18. The lowest BCUT2D eigenvalue weighted by molar-refractivity contribution is 0.241. The van der Waals surface area contributed by atoms with E-state index >= 15 is 0 Å². The summed E-state index contributed by atoms with van der Waals surface area (Å²) in [5.41, 5.74) is 1.16. The van der Waals surface area contributed by atoms with Gasteiger partial charge in [-0.3, -0.25) is 0 Å². The molecule has 0 aliphatic heterocycles. The molecule has 1 aromatic rings. The Kier molecular flexibility index (Phi) is 4.95. The molecule has 3 nitrogen and oxygen atoms in total. The predicted octanol–water partition coefficient (Wildman–Crippen LogP) is 3.61. The molecule has 1 atom stereocenters. The summed E-state index contributed by atoms with van der Waals surface area (Å²) in [6.45, 7) is 8.20. The van der Waals surface area contributed by atoms with Gasteiger partial charge in [0.05, 0.1) is 6.04 Å². The highest BCUT2D eigenvalue weighted by atomic mass is 16.2. The van der Waals surface area contributed by atoms with Gasteiger partial charge in [-0.15, -0.1) is 0 Å². The molecule has 0 bridgehead atoms. The Morgan fingerprint density at radius 1 is 1.22 bits per heavy atom. The number of rotatable bonds is 3. The number of urea groups is 1. The quantitative estimate of drug-likeness (QED) is 0.840. The molecule has 2 N–H and O–H groups in total. The first-order chi connectivity index (χ1) is 8.38. The van der Waals surface area contributed by atoms with Crippen LogP contribution >= 0.6 is 0 Å². The van der Waals surface area contributed by atoms with Crippen LogP contribution in [0.3, 0.4) is 0 Å². The third-order valence-electron chi connectivity index (χ3n) is 2.44. The topological polar surface area (TPSA) is 41.1 Å². The lowest BCUT2D eigenvalue weighted by Crippen LogP contribution is -2.34. The van der Waals surface area contributed by atoms with Crippen molar-refractivity contribution >= 4 is 6.03 Å². The minimum Gasteiger partial charge on any atom is -0.331 e. The maximum Gasteiger partial charge on any atom is 0.319 e. The number of carbonyl (C=O) groups excluding carboxylic acids is 1. The summed E-state index contributed by atoms with van der Waals surface area (Å²) in [5, 5.41) is 5.59. The SMILES string of the molecule is CC(NC(=O)N/C=C/C(C)(C)C)c1ccccc1. The fraction of sp³-hybridized carbons (Fsp3) is 0.400. The lowest BCUT2D eigenvalue weighted by Gasteiger charge is -2.15. The van der Waals surface area contributed by atoms with Crippen LogP contribution in [0.1, 0.15) is 39.3 Å². The van der Waals surface area contributed by atoms with Gasteiger partial charge in [-0.1, -0.05) is 57.2 Å². The van der Waals surface area contributed by atoms with E-state index in [0.717, 1.165) is 5.56 Å². The Morgan fingerprint density at radius 3 is 2.39 bits per heavy atom. The average molecular weight is 246 g/mol. The molecule has 3 heteroatoms. The standard InChI is InChI=1S/C15H22N2O/c1-12(13-8-6-5-7-9-13)17-14(18)16-11-10-15(2,3)4/h5-12H,1-4H3,(H2,16,17,18)/b11-10+. The van der Waals surface area contributed by atoms with Crippen molar-refractivity contribution in [2.75, 3.05) is 0 Å². The van der Waals surface area contributed by atoms with Gasteiger partial charge in [-0.2, -0.15) is 0 Å². The van der Waals surface area contributed by atoms with E-state index < -0.39 is 0 Å². The highest BCUT2D eigenvalue weighted by molar-refractivity contribution is 5.75. The van der Waals surface area contributed by atoms with Gasteiger partial charge in [0, 0.05) is 6.20 Å². The van der Waals surface area contributed by atoms with Gasteiger partial charge in [-0.25, -0.2) is 4.79 Å². The summed E-state index contributed by atoms with van der Waals surface area (Å²) in [5.74, 6) is 0. The normalized spacial score (nSPS) is 13.3. The first-order valence-electron chi connectivity index (χ1n) is 6.18. The van der Waals surface area contributed by atoms with Crippen molar-refractivity contribution in [2.24, 2.45) is 5.41 Å². The second-order valence-electron chi connectivity index (χ2n) is 5.45. The number of amides is 2. The third-order valence-corrected chi connectivity index (χ3v) is 2.44. The fourth-order valence-corrected chi connectivity index (χ4v) is 1.43. The predicted molar refractivity (Wildman–Crippen MR) is 75.1 cm³/mol. The molecule has 0 aliphatic rings. The summed E-state index contributed by atoms with van der Waals surface area (Å²) in [7, 11) is 0. The Bertz CT molecular complexity index is 404. The molecule has 0 aromatic heterocycles. The minimum absolute atomic E-state index is 0.00534. The fourth-order valence-electron chi connectivity index (χ4n) is 1.43. The third kappa shape index (κ3) is 5.53. The van der Waals surface area contributed by atoms with E-state index in [1.54, 1.807) is 6.20 Å². The summed E-state index contributed by atoms with van der Waals surface area (Å²) < 4.78 is 0. The second-order valence-corrected chi connectivity index (χ2v) is 5.45. The number of hydrogen-bond acceptors (Lipinski definition) is 1. The highest BCUT2D eigenvalue weighted by Crippen LogP contribution is 2.13. The highest BCUT2D eigenvalue weighted by Gasteiger charge is 2.08. The number of allylic oxidation sites excluding steroid dienone is 1. The molecule has 0 saturated heterocycles. The molecule has 0 radical (unpaired) electrons. The number of benzene rings is 1. The van der Waals surface area contributed by atoms with Crippen LogP contribution in [0, 0.1) is 5.41 Å². The van der Waals surface area contributed by atoms with Crippen LogP contribution in [-0.2, 0) is 0 Å². The van der Waals surface area contributed by atoms with Crippen LogP contribution in [0.15, 0.2) is 42.6 Å². The maximum atomic E-state index is 11.6. The van der Waals surface area contributed by atoms with Crippen molar-refractivity contribution in [3.8, 4) is 0 Å². The zero-order valence-electron chi connectivity index (χ0n) is 11.5. The lowest BCUT2D eigenvalue weighted by atomic mass is 9.97. The summed E-state index contributed by atoms with van der Waals surface area (Å²) in [6.07, 6.45) is 3.65. The van der Waals surface area contributed by atoms with Crippen molar-refractivity contribution in [2.45, 2.75) is 33.7 Å². The van der Waals surface area contributed by atoms with E-state index in [9.17, 15) is 4.79 Å². The largest absolute Gasteiger partial charge is 0.331 e. The van der Waals surface area contributed by atoms with E-state index in [1.165, 1.54) is 0 Å². The molecule has 0 saturated carbocycles. The first kappa shape index (κ1) is 14.3. The minimum atomic E-state index is -0.188.